The Bertz CT molecular complexity index is 914. The lowest BCUT2D eigenvalue weighted by atomic mass is 10.1. The molecule has 166 valence electrons. The number of likely N-dealkylation sites (tertiary alicyclic amines) is 1. The van der Waals surface area contributed by atoms with Crippen LogP contribution in [0.4, 0.5) is 4.79 Å². The summed E-state index contributed by atoms with van der Waals surface area (Å²) in [6.45, 7) is 6.57. The van der Waals surface area contributed by atoms with Crippen molar-refractivity contribution in [3.63, 3.8) is 0 Å². The molecule has 0 bridgehead atoms. The minimum Gasteiger partial charge on any atom is -0.371 e. The highest BCUT2D eigenvalue weighted by Crippen LogP contribution is 2.35. The zero-order valence-electron chi connectivity index (χ0n) is 17.7. The molecule has 2 aromatic rings. The second kappa shape index (κ2) is 8.89. The van der Waals surface area contributed by atoms with Crippen LogP contribution in [0.15, 0.2) is 24.3 Å². The summed E-state index contributed by atoms with van der Waals surface area (Å²) >= 11 is 0. The van der Waals surface area contributed by atoms with Gasteiger partial charge in [0.25, 0.3) is 0 Å². The van der Waals surface area contributed by atoms with Crippen LogP contribution >= 0.6 is 0 Å². The van der Waals surface area contributed by atoms with Crippen molar-refractivity contribution in [3.05, 3.63) is 29.8 Å². The maximum Gasteiger partial charge on any atom is 0.315 e. The van der Waals surface area contributed by atoms with Crippen LogP contribution in [-0.2, 0) is 16.0 Å². The second-order valence-corrected chi connectivity index (χ2v) is 8.40. The van der Waals surface area contributed by atoms with Crippen molar-refractivity contribution < 1.29 is 14.3 Å². The van der Waals surface area contributed by atoms with E-state index in [9.17, 15) is 4.79 Å². The molecule has 3 aliphatic rings. The van der Waals surface area contributed by atoms with Gasteiger partial charge in [0, 0.05) is 18.7 Å². The molecule has 10 heteroatoms. The molecule has 10 nitrogen and oxygen atoms in total. The molecule has 3 aliphatic heterocycles. The lowest BCUT2D eigenvalue weighted by molar-refractivity contribution is 0.0624. The van der Waals surface area contributed by atoms with E-state index in [1.807, 2.05) is 17.7 Å². The predicted molar refractivity (Wildman–Crippen MR) is 112 cm³/mol. The Morgan fingerprint density at radius 1 is 1.19 bits per heavy atom. The van der Waals surface area contributed by atoms with Crippen LogP contribution in [0.5, 0.6) is 0 Å². The van der Waals surface area contributed by atoms with E-state index in [0.717, 1.165) is 25.2 Å². The van der Waals surface area contributed by atoms with Gasteiger partial charge < -0.3 is 20.1 Å². The lowest BCUT2D eigenvalue weighted by Gasteiger charge is -2.18. The van der Waals surface area contributed by atoms with Gasteiger partial charge in [-0.25, -0.2) is 9.48 Å². The van der Waals surface area contributed by atoms with E-state index < -0.39 is 0 Å². The summed E-state index contributed by atoms with van der Waals surface area (Å²) in [6, 6.07) is 7.89. The number of nitrogens with zero attached hydrogens (tertiary/aromatic N) is 5. The Morgan fingerprint density at radius 2 is 2.03 bits per heavy atom. The number of aromatic nitrogens is 4. The Hall–Kier alpha value is -2.56. The zero-order chi connectivity index (χ0) is 21.2. The number of fused-ring (bicyclic) bond motifs is 1. The van der Waals surface area contributed by atoms with Gasteiger partial charge in [-0.3, -0.25) is 4.90 Å². The molecule has 0 aliphatic carbocycles. The number of ether oxygens (including phenoxy) is 2. The summed E-state index contributed by atoms with van der Waals surface area (Å²) in [5.41, 5.74) is 2.25. The number of urea groups is 1. The fourth-order valence-electron chi connectivity index (χ4n) is 4.81. The highest BCUT2D eigenvalue weighted by atomic mass is 16.6. The first kappa shape index (κ1) is 20.3. The molecule has 4 atom stereocenters. The van der Waals surface area contributed by atoms with E-state index >= 15 is 0 Å². The van der Waals surface area contributed by atoms with Crippen molar-refractivity contribution in [2.45, 2.75) is 50.6 Å². The van der Waals surface area contributed by atoms with Gasteiger partial charge in [-0.2, -0.15) is 0 Å². The SMILES string of the molecule is CCNC(=O)N[C@@H]1CO[C@@H]2[C@@H]1OC[C@@H]2n1nnnc1-c1cccc(CN2CCCC2)c1. The van der Waals surface area contributed by atoms with E-state index in [-0.39, 0.29) is 30.3 Å². The normalized spacial score (nSPS) is 28.0. The van der Waals surface area contributed by atoms with Crippen molar-refractivity contribution in [1.29, 1.82) is 0 Å². The summed E-state index contributed by atoms with van der Waals surface area (Å²) in [5, 5.41) is 18.2. The highest BCUT2D eigenvalue weighted by molar-refractivity contribution is 5.74. The van der Waals surface area contributed by atoms with Crippen molar-refractivity contribution in [3.8, 4) is 11.4 Å². The maximum absolute atomic E-state index is 11.9. The first-order valence-electron chi connectivity index (χ1n) is 11.1. The predicted octanol–water partition coefficient (Wildman–Crippen LogP) is 0.962. The summed E-state index contributed by atoms with van der Waals surface area (Å²) < 4.78 is 13.8. The molecular formula is C21H29N7O3. The van der Waals surface area contributed by atoms with Crippen molar-refractivity contribution >= 4 is 6.03 Å². The van der Waals surface area contributed by atoms with Crippen LogP contribution in [0.1, 0.15) is 31.4 Å². The molecular weight excluding hydrogens is 398 g/mol. The second-order valence-electron chi connectivity index (χ2n) is 8.40. The van der Waals surface area contributed by atoms with Crippen molar-refractivity contribution in [1.82, 2.24) is 35.7 Å². The van der Waals surface area contributed by atoms with Gasteiger partial charge in [0.1, 0.15) is 18.2 Å². The third-order valence-electron chi connectivity index (χ3n) is 6.28. The van der Waals surface area contributed by atoms with Gasteiger partial charge in [0.05, 0.1) is 19.3 Å². The molecule has 1 aromatic carbocycles. The first-order valence-corrected chi connectivity index (χ1v) is 11.1. The Morgan fingerprint density at radius 3 is 2.87 bits per heavy atom. The summed E-state index contributed by atoms with van der Waals surface area (Å²) in [4.78, 5) is 14.4. The van der Waals surface area contributed by atoms with E-state index in [2.05, 4.69) is 49.3 Å². The van der Waals surface area contributed by atoms with Gasteiger partial charge in [-0.15, -0.1) is 5.10 Å². The number of rotatable bonds is 6. The van der Waals surface area contributed by atoms with E-state index in [1.54, 1.807) is 0 Å². The molecule has 0 radical (unpaired) electrons. The summed E-state index contributed by atoms with van der Waals surface area (Å²) in [7, 11) is 0. The van der Waals surface area contributed by atoms with Gasteiger partial charge >= 0.3 is 6.03 Å². The summed E-state index contributed by atoms with van der Waals surface area (Å²) in [6.07, 6.45) is 2.13. The Balaban J connectivity index is 1.31. The standard InChI is InChI=1S/C21H29N7O3/c1-2-22-21(29)23-16-12-30-19-17(13-31-18(16)19)28-20(24-25-26-28)15-7-5-6-14(10-15)11-27-8-3-4-9-27/h5-7,10,16-19H,2-4,8-9,11-13H2,1H3,(H2,22,23,29)/t16-,17+,18-,19+/m1/s1. The third kappa shape index (κ3) is 4.15. The minimum absolute atomic E-state index is 0.140. The number of hydrogen-bond donors (Lipinski definition) is 2. The highest BCUT2D eigenvalue weighted by Gasteiger charge is 2.50. The fraction of sp³-hybridized carbons (Fsp3) is 0.619. The average Bonchev–Trinajstić information content (AvgIpc) is 3.55. The number of tetrazole rings is 1. The topological polar surface area (TPSA) is 106 Å². The number of hydrogen-bond acceptors (Lipinski definition) is 7. The molecule has 4 heterocycles. The number of amides is 2. The van der Waals surface area contributed by atoms with Gasteiger partial charge in [0.15, 0.2) is 5.82 Å². The molecule has 0 saturated carbocycles. The van der Waals surface area contributed by atoms with Gasteiger partial charge in [0.2, 0.25) is 0 Å². The molecule has 0 spiro atoms. The minimum atomic E-state index is -0.217. The number of carbonyl (C=O) groups excluding carboxylic acids is 1. The maximum atomic E-state index is 11.9. The van der Waals surface area contributed by atoms with Crippen LogP contribution in [0.2, 0.25) is 0 Å². The molecule has 2 amide bonds. The molecule has 31 heavy (non-hydrogen) atoms. The van der Waals surface area contributed by atoms with Crippen molar-refractivity contribution in [2.75, 3.05) is 32.8 Å². The van der Waals surface area contributed by atoms with Crippen molar-refractivity contribution in [2.24, 2.45) is 0 Å². The van der Waals surface area contributed by atoms with Gasteiger partial charge in [-0.05, 0) is 54.9 Å². The van der Waals surface area contributed by atoms with E-state index in [0.29, 0.717) is 25.6 Å². The molecule has 5 rings (SSSR count). The number of carbonyl (C=O) groups is 1. The largest absolute Gasteiger partial charge is 0.371 e. The van der Waals surface area contributed by atoms with Crippen LogP contribution in [-0.4, -0.2) is 82.2 Å². The molecule has 3 saturated heterocycles. The van der Waals surface area contributed by atoms with Crippen LogP contribution in [0.3, 0.4) is 0 Å². The van der Waals surface area contributed by atoms with Crippen LogP contribution in [0.25, 0.3) is 11.4 Å². The zero-order valence-corrected chi connectivity index (χ0v) is 17.7. The summed E-state index contributed by atoms with van der Waals surface area (Å²) in [5.74, 6) is 0.709. The van der Waals surface area contributed by atoms with E-state index in [1.165, 1.54) is 18.4 Å². The lowest BCUT2D eigenvalue weighted by Crippen LogP contribution is -2.48. The molecule has 0 unspecified atom stereocenters. The van der Waals surface area contributed by atoms with Crippen LogP contribution < -0.4 is 10.6 Å². The monoisotopic (exact) mass is 427 g/mol. The molecule has 3 fully saturated rings. The third-order valence-corrected chi connectivity index (χ3v) is 6.28. The van der Waals surface area contributed by atoms with Crippen LogP contribution in [0, 0.1) is 0 Å². The van der Waals surface area contributed by atoms with Gasteiger partial charge in [-0.1, -0.05) is 18.2 Å². The number of benzene rings is 1. The first-order chi connectivity index (χ1) is 15.2. The average molecular weight is 428 g/mol. The molecule has 2 N–H and O–H groups in total. The quantitative estimate of drug-likeness (QED) is 0.707. The number of nitrogens with one attached hydrogen (secondary N) is 2. The molecule has 1 aromatic heterocycles. The Labute approximate surface area is 181 Å². The smallest absolute Gasteiger partial charge is 0.315 e. The Kier molecular flexibility index (Phi) is 5.84. The fourth-order valence-corrected chi connectivity index (χ4v) is 4.81. The van der Waals surface area contributed by atoms with E-state index in [4.69, 9.17) is 9.47 Å².